The fourth-order valence-electron chi connectivity index (χ4n) is 3.23. The number of hydrogen-bond acceptors (Lipinski definition) is 7. The average molecular weight is 439 g/mol. The van der Waals surface area contributed by atoms with Gasteiger partial charge in [0.1, 0.15) is 23.3 Å². The summed E-state index contributed by atoms with van der Waals surface area (Å²) in [5, 5.41) is 7.11. The van der Waals surface area contributed by atoms with Crippen molar-refractivity contribution < 1.29 is 22.7 Å². The molecule has 2 aromatic rings. The fraction of sp³-hybridized carbons (Fsp3) is 0.368. The van der Waals surface area contributed by atoms with Gasteiger partial charge in [-0.05, 0) is 37.4 Å². The van der Waals surface area contributed by atoms with Crippen molar-refractivity contribution in [1.29, 1.82) is 0 Å². The third-order valence-electron chi connectivity index (χ3n) is 4.82. The fourth-order valence-corrected chi connectivity index (χ4v) is 4.24. The lowest BCUT2D eigenvalue weighted by molar-refractivity contribution is -0.274. The maximum absolute atomic E-state index is 12.9. The molecule has 1 aromatic carbocycles. The Morgan fingerprint density at radius 3 is 2.57 bits per heavy atom. The predicted molar refractivity (Wildman–Crippen MR) is 109 cm³/mol. The number of carbonyl (C=O) groups is 1. The molecule has 11 heteroatoms. The van der Waals surface area contributed by atoms with Crippen molar-refractivity contribution in [2.75, 3.05) is 50.5 Å². The van der Waals surface area contributed by atoms with E-state index in [4.69, 9.17) is 0 Å². The van der Waals surface area contributed by atoms with Gasteiger partial charge in [-0.2, -0.15) is 0 Å². The van der Waals surface area contributed by atoms with E-state index in [1.807, 2.05) is 11.9 Å². The van der Waals surface area contributed by atoms with E-state index in [1.54, 1.807) is 6.07 Å². The van der Waals surface area contributed by atoms with Gasteiger partial charge in [0, 0.05) is 31.9 Å². The number of halogens is 3. The maximum atomic E-state index is 12.9. The summed E-state index contributed by atoms with van der Waals surface area (Å²) >= 11 is 1.38. The van der Waals surface area contributed by atoms with Gasteiger partial charge in [0.05, 0.1) is 10.4 Å². The second-order valence-electron chi connectivity index (χ2n) is 6.99. The van der Waals surface area contributed by atoms with E-state index in [1.165, 1.54) is 35.6 Å². The van der Waals surface area contributed by atoms with Crippen LogP contribution in [0.1, 0.15) is 15.2 Å². The van der Waals surface area contributed by atoms with Crippen molar-refractivity contribution in [1.82, 2.24) is 9.80 Å². The molecule has 0 spiro atoms. The third kappa shape index (κ3) is 4.68. The highest BCUT2D eigenvalue weighted by Gasteiger charge is 2.31. The highest BCUT2D eigenvalue weighted by Crippen LogP contribution is 2.32. The van der Waals surface area contributed by atoms with Crippen molar-refractivity contribution in [2.24, 2.45) is 4.99 Å². The highest BCUT2D eigenvalue weighted by atomic mass is 32.1. The molecule has 0 radical (unpaired) electrons. The zero-order chi connectivity index (χ0) is 21.3. The normalized spacial score (nSPS) is 17.1. The molecular formula is C19H20F3N5O2S. The molecule has 3 heterocycles. The number of benzene rings is 1. The number of aliphatic imine (C=N–C) groups is 1. The molecule has 160 valence electrons. The Kier molecular flexibility index (Phi) is 5.56. The van der Waals surface area contributed by atoms with Crippen molar-refractivity contribution in [3.63, 3.8) is 0 Å². The minimum absolute atomic E-state index is 0.00250. The van der Waals surface area contributed by atoms with Gasteiger partial charge >= 0.3 is 6.36 Å². The molecule has 0 saturated carbocycles. The molecule has 0 unspecified atom stereocenters. The average Bonchev–Trinajstić information content (AvgIpc) is 3.14. The van der Waals surface area contributed by atoms with Gasteiger partial charge in [0.15, 0.2) is 0 Å². The molecule has 0 bridgehead atoms. The predicted octanol–water partition coefficient (Wildman–Crippen LogP) is 3.28. The zero-order valence-corrected chi connectivity index (χ0v) is 16.9. The van der Waals surface area contributed by atoms with Gasteiger partial charge in [0.2, 0.25) is 0 Å². The quantitative estimate of drug-likeness (QED) is 0.768. The Balaban J connectivity index is 1.47. The van der Waals surface area contributed by atoms with Gasteiger partial charge in [-0.25, -0.2) is 4.99 Å². The van der Waals surface area contributed by atoms with E-state index >= 15 is 0 Å². The molecule has 2 aliphatic heterocycles. The van der Waals surface area contributed by atoms with Crippen LogP contribution in [0, 0.1) is 0 Å². The van der Waals surface area contributed by atoms with Crippen molar-refractivity contribution in [2.45, 2.75) is 6.36 Å². The van der Waals surface area contributed by atoms with Crippen LogP contribution in [0.15, 0.2) is 35.3 Å². The Morgan fingerprint density at radius 2 is 1.90 bits per heavy atom. The first kappa shape index (κ1) is 20.5. The van der Waals surface area contributed by atoms with Gasteiger partial charge in [-0.15, -0.1) is 24.5 Å². The molecule has 0 atom stereocenters. The van der Waals surface area contributed by atoms with Crippen LogP contribution in [-0.4, -0.2) is 67.8 Å². The van der Waals surface area contributed by atoms with E-state index in [0.29, 0.717) is 36.2 Å². The molecule has 1 aromatic heterocycles. The smallest absolute Gasteiger partial charge is 0.406 e. The van der Waals surface area contributed by atoms with Gasteiger partial charge < -0.3 is 25.2 Å². The Labute approximate surface area is 175 Å². The lowest BCUT2D eigenvalue weighted by atomic mass is 10.2. The molecule has 1 amide bonds. The first-order valence-corrected chi connectivity index (χ1v) is 10.1. The second-order valence-corrected chi connectivity index (χ2v) is 8.04. The summed E-state index contributed by atoms with van der Waals surface area (Å²) < 4.78 is 40.8. The lowest BCUT2D eigenvalue weighted by Crippen LogP contribution is -2.46. The van der Waals surface area contributed by atoms with Crippen LogP contribution in [0.2, 0.25) is 0 Å². The molecule has 7 nitrogen and oxygen atoms in total. The number of fused-ring (bicyclic) bond motifs is 1. The summed E-state index contributed by atoms with van der Waals surface area (Å²) in [6.07, 6.45) is -4.73. The first-order chi connectivity index (χ1) is 14.3. The van der Waals surface area contributed by atoms with Crippen molar-refractivity contribution >= 4 is 33.8 Å². The van der Waals surface area contributed by atoms with Crippen LogP contribution in [0.4, 0.5) is 23.9 Å². The number of piperazine rings is 1. The molecule has 4 rings (SSSR count). The molecule has 0 aliphatic carbocycles. The molecule has 30 heavy (non-hydrogen) atoms. The molecule has 1 fully saturated rings. The molecule has 2 N–H and O–H groups in total. The number of nitrogens with one attached hydrogen (secondary N) is 2. The van der Waals surface area contributed by atoms with E-state index < -0.39 is 6.36 Å². The lowest BCUT2D eigenvalue weighted by Gasteiger charge is -2.32. The standard InChI is InChI=1S/C19H20F3N5O2S/c1-26-6-8-27(9-7-26)18(28)15-10-14-16(23-11-24-17(14)30-15)25-12-2-4-13(5-3-12)29-19(20,21)22/h2-5,10,24H,6-9,11H2,1H3,(H,23,25). The van der Waals surface area contributed by atoms with E-state index in [9.17, 15) is 18.0 Å². The highest BCUT2D eigenvalue weighted by molar-refractivity contribution is 7.18. The van der Waals surface area contributed by atoms with Gasteiger partial charge in [0.25, 0.3) is 5.91 Å². The van der Waals surface area contributed by atoms with Crippen molar-refractivity contribution in [3.05, 3.63) is 40.8 Å². The largest absolute Gasteiger partial charge is 0.573 e. The second kappa shape index (κ2) is 8.15. The Bertz CT molecular complexity index is 950. The summed E-state index contributed by atoms with van der Waals surface area (Å²) in [5.74, 6) is 0.260. The third-order valence-corrected chi connectivity index (χ3v) is 5.90. The number of nitrogens with zero attached hydrogens (tertiary/aromatic N) is 3. The Hall–Kier alpha value is -2.79. The zero-order valence-electron chi connectivity index (χ0n) is 16.1. The van der Waals surface area contributed by atoms with E-state index in [2.05, 4.69) is 25.3 Å². The van der Waals surface area contributed by atoms with Crippen LogP contribution in [0.3, 0.4) is 0 Å². The van der Waals surface area contributed by atoms with Crippen LogP contribution in [-0.2, 0) is 0 Å². The number of hydrogen-bond donors (Lipinski definition) is 2. The van der Waals surface area contributed by atoms with E-state index in [0.717, 1.165) is 23.7 Å². The number of likely N-dealkylation sites (N-methyl/N-ethyl adjacent to an activating group) is 1. The molecule has 1 saturated heterocycles. The van der Waals surface area contributed by atoms with Crippen LogP contribution in [0.5, 0.6) is 5.75 Å². The minimum atomic E-state index is -4.73. The number of amides is 1. The van der Waals surface area contributed by atoms with Gasteiger partial charge in [-0.3, -0.25) is 4.79 Å². The van der Waals surface area contributed by atoms with Gasteiger partial charge in [-0.1, -0.05) is 0 Å². The molecule has 2 aliphatic rings. The number of ether oxygens (including phenoxy) is 1. The number of rotatable bonds is 3. The summed E-state index contributed by atoms with van der Waals surface area (Å²) in [6.45, 7) is 3.41. The Morgan fingerprint density at radius 1 is 1.20 bits per heavy atom. The number of anilines is 2. The minimum Gasteiger partial charge on any atom is -0.406 e. The summed E-state index contributed by atoms with van der Waals surface area (Å²) in [5.41, 5.74) is 1.33. The monoisotopic (exact) mass is 439 g/mol. The number of alkyl halides is 3. The first-order valence-electron chi connectivity index (χ1n) is 9.32. The van der Waals surface area contributed by atoms with Crippen LogP contribution >= 0.6 is 11.3 Å². The number of carbonyl (C=O) groups excluding carboxylic acids is 1. The maximum Gasteiger partial charge on any atom is 0.573 e. The number of amidine groups is 1. The van der Waals surface area contributed by atoms with Crippen molar-refractivity contribution in [3.8, 4) is 5.75 Å². The van der Waals surface area contributed by atoms with E-state index in [-0.39, 0.29) is 11.7 Å². The summed E-state index contributed by atoms with van der Waals surface area (Å²) in [4.78, 5) is 21.9. The topological polar surface area (TPSA) is 69.2 Å². The number of thiophene rings is 1. The SMILES string of the molecule is CN1CCN(C(=O)c2cc3c(s2)NCN=C3Nc2ccc(OC(F)(F)F)cc2)CC1. The van der Waals surface area contributed by atoms with Crippen LogP contribution in [0.25, 0.3) is 0 Å². The molecular weight excluding hydrogens is 419 g/mol. The van der Waals surface area contributed by atoms with Crippen LogP contribution < -0.4 is 15.4 Å². The summed E-state index contributed by atoms with van der Waals surface area (Å²) in [7, 11) is 2.03. The summed E-state index contributed by atoms with van der Waals surface area (Å²) in [6, 6.07) is 7.23.